The highest BCUT2D eigenvalue weighted by Gasteiger charge is 2.39. The zero-order valence-electron chi connectivity index (χ0n) is 14.7. The second kappa shape index (κ2) is 7.17. The van der Waals surface area contributed by atoms with Crippen molar-refractivity contribution in [2.75, 3.05) is 13.1 Å². The molecular weight excluding hydrogens is 332 g/mol. The molecule has 3 aliphatic rings. The van der Waals surface area contributed by atoms with Crippen LogP contribution in [0.5, 0.6) is 0 Å². The molecule has 0 aliphatic carbocycles. The largest absolute Gasteiger partial charge is 0.322 e. The molecule has 138 valence electrons. The predicted octanol–water partition coefficient (Wildman–Crippen LogP) is 0.289. The first-order valence-corrected chi connectivity index (χ1v) is 9.32. The number of hydrogen-bond donors (Lipinski definition) is 3. The first kappa shape index (κ1) is 17.2. The highest BCUT2D eigenvalue weighted by molar-refractivity contribution is 6.05. The monoisotopic (exact) mass is 356 g/mol. The Balaban J connectivity index is 1.43. The zero-order chi connectivity index (χ0) is 18.1. The summed E-state index contributed by atoms with van der Waals surface area (Å²) in [7, 11) is 0. The molecule has 3 amide bonds. The van der Waals surface area contributed by atoms with Crippen molar-refractivity contribution >= 4 is 17.7 Å². The summed E-state index contributed by atoms with van der Waals surface area (Å²) in [5.74, 6) is -0.749. The van der Waals surface area contributed by atoms with Crippen LogP contribution in [0.15, 0.2) is 18.2 Å². The summed E-state index contributed by atoms with van der Waals surface area (Å²) in [5, 5.41) is 9.29. The molecule has 1 aromatic carbocycles. The smallest absolute Gasteiger partial charge is 0.255 e. The Morgan fingerprint density at radius 2 is 2.08 bits per heavy atom. The topological polar surface area (TPSA) is 90.5 Å². The van der Waals surface area contributed by atoms with Gasteiger partial charge in [-0.3, -0.25) is 19.7 Å². The predicted molar refractivity (Wildman–Crippen MR) is 95.2 cm³/mol. The Morgan fingerprint density at radius 3 is 2.85 bits per heavy atom. The highest BCUT2D eigenvalue weighted by atomic mass is 16.2. The number of fused-ring (bicyclic) bond motifs is 1. The van der Waals surface area contributed by atoms with Crippen molar-refractivity contribution in [1.29, 1.82) is 0 Å². The van der Waals surface area contributed by atoms with E-state index in [1.54, 1.807) is 4.90 Å². The minimum atomic E-state index is -0.553. The van der Waals surface area contributed by atoms with Crippen LogP contribution in [-0.4, -0.2) is 47.8 Å². The molecule has 3 heterocycles. The van der Waals surface area contributed by atoms with Gasteiger partial charge in [-0.05, 0) is 43.0 Å². The van der Waals surface area contributed by atoms with Gasteiger partial charge >= 0.3 is 0 Å². The van der Waals surface area contributed by atoms with Crippen LogP contribution in [0.1, 0.15) is 47.2 Å². The first-order chi connectivity index (χ1) is 12.6. The molecule has 3 aliphatic heterocycles. The fourth-order valence-corrected chi connectivity index (χ4v) is 4.03. The van der Waals surface area contributed by atoms with Gasteiger partial charge in [0.25, 0.3) is 5.91 Å². The van der Waals surface area contributed by atoms with Crippen LogP contribution >= 0.6 is 0 Å². The summed E-state index contributed by atoms with van der Waals surface area (Å²) in [5.41, 5.74) is 2.77. The Bertz CT molecular complexity index is 742. The van der Waals surface area contributed by atoms with Crippen molar-refractivity contribution in [1.82, 2.24) is 20.9 Å². The SMILES string of the molecule is O=C1CCC(N2Cc3cc(CN[C@H]4CCCNC4)ccc3C2=O)C(=O)N1. The number of piperidine rings is 2. The van der Waals surface area contributed by atoms with E-state index in [-0.39, 0.29) is 24.1 Å². The summed E-state index contributed by atoms with van der Waals surface area (Å²) >= 11 is 0. The third kappa shape index (κ3) is 3.37. The van der Waals surface area contributed by atoms with Gasteiger partial charge in [-0.25, -0.2) is 0 Å². The maximum absolute atomic E-state index is 12.7. The number of carbonyl (C=O) groups excluding carboxylic acids is 3. The fraction of sp³-hybridized carbons (Fsp3) is 0.526. The standard InChI is InChI=1S/C19H24N4O3/c24-17-6-5-16(18(25)22-17)23-11-13-8-12(3-4-15(13)19(23)26)9-21-14-2-1-7-20-10-14/h3-4,8,14,16,20-21H,1-2,5-7,9-11H2,(H,22,24,25)/t14-,16?/m0/s1. The number of hydrogen-bond acceptors (Lipinski definition) is 5. The molecule has 26 heavy (non-hydrogen) atoms. The lowest BCUT2D eigenvalue weighted by molar-refractivity contribution is -0.136. The first-order valence-electron chi connectivity index (χ1n) is 9.32. The highest BCUT2D eigenvalue weighted by Crippen LogP contribution is 2.28. The third-order valence-corrected chi connectivity index (χ3v) is 5.48. The summed E-state index contributed by atoms with van der Waals surface area (Å²) in [4.78, 5) is 37.7. The van der Waals surface area contributed by atoms with Crippen molar-refractivity contribution in [3.8, 4) is 0 Å². The number of imide groups is 1. The van der Waals surface area contributed by atoms with Crippen LogP contribution in [0.2, 0.25) is 0 Å². The lowest BCUT2D eigenvalue weighted by Crippen LogP contribution is -2.52. The normalized spacial score (nSPS) is 26.0. The van der Waals surface area contributed by atoms with Crippen molar-refractivity contribution < 1.29 is 14.4 Å². The molecule has 0 saturated carbocycles. The Morgan fingerprint density at radius 1 is 1.19 bits per heavy atom. The van der Waals surface area contributed by atoms with Crippen LogP contribution in [0.25, 0.3) is 0 Å². The van der Waals surface area contributed by atoms with Crippen molar-refractivity contribution in [3.63, 3.8) is 0 Å². The Hall–Kier alpha value is -2.25. The maximum Gasteiger partial charge on any atom is 0.255 e. The van der Waals surface area contributed by atoms with Gasteiger partial charge < -0.3 is 15.5 Å². The van der Waals surface area contributed by atoms with Crippen molar-refractivity contribution in [2.24, 2.45) is 0 Å². The van der Waals surface area contributed by atoms with E-state index in [9.17, 15) is 14.4 Å². The molecule has 7 heteroatoms. The number of benzene rings is 1. The second-order valence-electron chi connectivity index (χ2n) is 7.32. The Labute approximate surface area is 152 Å². The average molecular weight is 356 g/mol. The van der Waals surface area contributed by atoms with E-state index >= 15 is 0 Å². The van der Waals surface area contributed by atoms with Crippen molar-refractivity contribution in [2.45, 2.75) is 50.9 Å². The molecule has 1 unspecified atom stereocenters. The van der Waals surface area contributed by atoms with E-state index in [2.05, 4.69) is 22.0 Å². The van der Waals surface area contributed by atoms with E-state index in [4.69, 9.17) is 0 Å². The molecule has 4 rings (SSSR count). The van der Waals surface area contributed by atoms with Gasteiger partial charge in [0.2, 0.25) is 11.8 Å². The third-order valence-electron chi connectivity index (χ3n) is 5.48. The van der Waals surface area contributed by atoms with E-state index in [0.29, 0.717) is 24.6 Å². The minimum Gasteiger partial charge on any atom is -0.322 e. The molecule has 7 nitrogen and oxygen atoms in total. The van der Waals surface area contributed by atoms with E-state index < -0.39 is 6.04 Å². The van der Waals surface area contributed by atoms with Gasteiger partial charge in [-0.1, -0.05) is 12.1 Å². The number of amides is 3. The number of carbonyl (C=O) groups is 3. The van der Waals surface area contributed by atoms with Gasteiger partial charge in [0, 0.05) is 37.7 Å². The molecule has 0 bridgehead atoms. The fourth-order valence-electron chi connectivity index (χ4n) is 4.03. The van der Waals surface area contributed by atoms with Gasteiger partial charge in [-0.15, -0.1) is 0 Å². The lowest BCUT2D eigenvalue weighted by atomic mass is 10.0. The van der Waals surface area contributed by atoms with Crippen LogP contribution in [0, 0.1) is 0 Å². The summed E-state index contributed by atoms with van der Waals surface area (Å²) in [6.07, 6.45) is 3.05. The van der Waals surface area contributed by atoms with Gasteiger partial charge in [0.15, 0.2) is 0 Å². The summed E-state index contributed by atoms with van der Waals surface area (Å²) in [6, 6.07) is 5.83. The molecule has 1 aromatic rings. The Kier molecular flexibility index (Phi) is 4.74. The van der Waals surface area contributed by atoms with E-state index in [1.807, 2.05) is 12.1 Å². The second-order valence-corrected chi connectivity index (χ2v) is 7.32. The minimum absolute atomic E-state index is 0.120. The maximum atomic E-state index is 12.7. The summed E-state index contributed by atoms with van der Waals surface area (Å²) in [6.45, 7) is 3.29. The number of nitrogens with one attached hydrogen (secondary N) is 3. The quantitative estimate of drug-likeness (QED) is 0.675. The number of nitrogens with zero attached hydrogens (tertiary/aromatic N) is 1. The molecule has 3 N–H and O–H groups in total. The van der Waals surface area contributed by atoms with Crippen molar-refractivity contribution in [3.05, 3.63) is 34.9 Å². The van der Waals surface area contributed by atoms with Gasteiger partial charge in [-0.2, -0.15) is 0 Å². The number of rotatable bonds is 4. The van der Waals surface area contributed by atoms with E-state index in [1.165, 1.54) is 12.8 Å². The molecular formula is C19H24N4O3. The average Bonchev–Trinajstić information content (AvgIpc) is 2.97. The van der Waals surface area contributed by atoms with Crippen LogP contribution in [0.4, 0.5) is 0 Å². The van der Waals surface area contributed by atoms with Gasteiger partial charge in [0.1, 0.15) is 6.04 Å². The molecule has 0 aromatic heterocycles. The molecule has 0 radical (unpaired) electrons. The zero-order valence-corrected chi connectivity index (χ0v) is 14.7. The summed E-state index contributed by atoms with van der Waals surface area (Å²) < 4.78 is 0. The molecule has 0 spiro atoms. The van der Waals surface area contributed by atoms with Gasteiger partial charge in [0.05, 0.1) is 0 Å². The van der Waals surface area contributed by atoms with E-state index in [0.717, 1.165) is 30.8 Å². The van der Waals surface area contributed by atoms with Crippen LogP contribution in [-0.2, 0) is 22.7 Å². The molecule has 2 atom stereocenters. The molecule has 2 fully saturated rings. The lowest BCUT2D eigenvalue weighted by Gasteiger charge is -2.29. The van der Waals surface area contributed by atoms with Crippen LogP contribution < -0.4 is 16.0 Å². The van der Waals surface area contributed by atoms with Crippen LogP contribution in [0.3, 0.4) is 0 Å². The molecule has 2 saturated heterocycles.